The summed E-state index contributed by atoms with van der Waals surface area (Å²) in [5, 5.41) is 1.22. The number of benzene rings is 1. The van der Waals surface area contributed by atoms with Crippen molar-refractivity contribution in [1.82, 2.24) is 14.5 Å². The lowest BCUT2D eigenvalue weighted by atomic mass is 9.99. The Bertz CT molecular complexity index is 894. The van der Waals surface area contributed by atoms with E-state index < -0.39 is 0 Å². The summed E-state index contributed by atoms with van der Waals surface area (Å²) in [6.45, 7) is 2.06. The summed E-state index contributed by atoms with van der Waals surface area (Å²) in [5.41, 5.74) is 3.29. The molecule has 4 nitrogen and oxygen atoms in total. The number of para-hydroxylation sites is 1. The molecular formula is C15H12BrN3O. The fourth-order valence-corrected chi connectivity index (χ4v) is 3.32. The van der Waals surface area contributed by atoms with Crippen LogP contribution < -0.4 is 5.56 Å². The van der Waals surface area contributed by atoms with E-state index in [1.165, 1.54) is 10.9 Å². The van der Waals surface area contributed by atoms with Gasteiger partial charge in [0.25, 0.3) is 5.56 Å². The maximum Gasteiger partial charge on any atom is 0.268 e. The van der Waals surface area contributed by atoms with Crippen LogP contribution in [0.5, 0.6) is 0 Å². The lowest BCUT2D eigenvalue weighted by molar-refractivity contribution is 0.511. The van der Waals surface area contributed by atoms with Crippen LogP contribution in [0, 0.1) is 0 Å². The molecule has 4 rings (SSSR count). The van der Waals surface area contributed by atoms with E-state index in [4.69, 9.17) is 0 Å². The fraction of sp³-hybridized carbons (Fsp3) is 0.200. The van der Waals surface area contributed by atoms with Crippen molar-refractivity contribution in [3.63, 3.8) is 0 Å². The van der Waals surface area contributed by atoms with Crippen molar-refractivity contribution in [2.24, 2.45) is 0 Å². The van der Waals surface area contributed by atoms with Crippen molar-refractivity contribution in [1.29, 1.82) is 0 Å². The van der Waals surface area contributed by atoms with Gasteiger partial charge in [0.1, 0.15) is 4.47 Å². The molecule has 1 aromatic carbocycles. The second-order valence-electron chi connectivity index (χ2n) is 5.18. The number of fused-ring (bicyclic) bond motifs is 5. The van der Waals surface area contributed by atoms with Gasteiger partial charge in [-0.25, -0.2) is 4.98 Å². The van der Waals surface area contributed by atoms with Crippen LogP contribution in [0.3, 0.4) is 0 Å². The minimum absolute atomic E-state index is 0.0215. The van der Waals surface area contributed by atoms with Gasteiger partial charge in [-0.15, -0.1) is 0 Å². The molecule has 0 spiro atoms. The summed E-state index contributed by atoms with van der Waals surface area (Å²) in [6, 6.07) is 8.33. The van der Waals surface area contributed by atoms with Gasteiger partial charge in [0.05, 0.1) is 5.69 Å². The molecule has 0 aliphatic carbocycles. The Kier molecular flexibility index (Phi) is 2.41. The highest BCUT2D eigenvalue weighted by Gasteiger charge is 2.27. The van der Waals surface area contributed by atoms with Gasteiger partial charge in [-0.3, -0.25) is 9.36 Å². The van der Waals surface area contributed by atoms with Crippen LogP contribution in [-0.2, 0) is 6.42 Å². The van der Waals surface area contributed by atoms with Crippen molar-refractivity contribution in [3.8, 4) is 11.5 Å². The maximum atomic E-state index is 12.3. The number of nitrogens with zero attached hydrogens (tertiary/aromatic N) is 2. The van der Waals surface area contributed by atoms with Crippen molar-refractivity contribution >= 4 is 26.8 Å². The first kappa shape index (κ1) is 11.9. The number of aromatic nitrogens is 3. The average Bonchev–Trinajstić information content (AvgIpc) is 2.81. The summed E-state index contributed by atoms with van der Waals surface area (Å²) in [4.78, 5) is 20.2. The summed E-state index contributed by atoms with van der Waals surface area (Å²) in [6.07, 6.45) is 2.42. The standard InChI is InChI=1S/C15H12BrN3O/c1-8-6-10-9-4-2-3-5-12(9)18-13(10)14-17-7-11(16)15(20)19(8)14/h2-5,7-8,18H,6H2,1H3. The molecular weight excluding hydrogens is 318 g/mol. The van der Waals surface area contributed by atoms with Crippen molar-refractivity contribution in [2.45, 2.75) is 19.4 Å². The summed E-state index contributed by atoms with van der Waals surface area (Å²) in [7, 11) is 0. The van der Waals surface area contributed by atoms with Gasteiger partial charge < -0.3 is 4.98 Å². The minimum Gasteiger partial charge on any atom is -0.352 e. The molecule has 1 unspecified atom stereocenters. The monoisotopic (exact) mass is 329 g/mol. The molecule has 1 aliphatic heterocycles. The average molecular weight is 330 g/mol. The van der Waals surface area contributed by atoms with Crippen molar-refractivity contribution < 1.29 is 0 Å². The Labute approximate surface area is 123 Å². The number of halogens is 1. The number of hydrogen-bond donors (Lipinski definition) is 1. The highest BCUT2D eigenvalue weighted by molar-refractivity contribution is 9.10. The van der Waals surface area contributed by atoms with Crippen LogP contribution in [0.15, 0.2) is 39.7 Å². The number of hydrogen-bond acceptors (Lipinski definition) is 2. The molecule has 2 aromatic heterocycles. The van der Waals surface area contributed by atoms with E-state index in [9.17, 15) is 4.79 Å². The van der Waals surface area contributed by atoms with E-state index >= 15 is 0 Å². The molecule has 3 heterocycles. The molecule has 0 saturated carbocycles. The highest BCUT2D eigenvalue weighted by atomic mass is 79.9. The third kappa shape index (κ3) is 1.47. The van der Waals surface area contributed by atoms with E-state index in [2.05, 4.69) is 45.0 Å². The van der Waals surface area contributed by atoms with Crippen LogP contribution in [0.25, 0.3) is 22.4 Å². The predicted molar refractivity (Wildman–Crippen MR) is 81.9 cm³/mol. The Morgan fingerprint density at radius 1 is 1.40 bits per heavy atom. The van der Waals surface area contributed by atoms with E-state index in [0.29, 0.717) is 4.47 Å². The van der Waals surface area contributed by atoms with Crippen molar-refractivity contribution in [2.75, 3.05) is 0 Å². The second kappa shape index (κ2) is 4.06. The topological polar surface area (TPSA) is 50.7 Å². The van der Waals surface area contributed by atoms with Gasteiger partial charge >= 0.3 is 0 Å². The summed E-state index contributed by atoms with van der Waals surface area (Å²) in [5.74, 6) is 0.725. The van der Waals surface area contributed by atoms with E-state index in [1.807, 2.05) is 12.1 Å². The van der Waals surface area contributed by atoms with Gasteiger partial charge in [-0.2, -0.15) is 0 Å². The molecule has 3 aromatic rings. The number of nitrogens with one attached hydrogen (secondary N) is 1. The molecule has 0 bridgehead atoms. The maximum absolute atomic E-state index is 12.3. The molecule has 0 amide bonds. The van der Waals surface area contributed by atoms with Crippen LogP contribution in [0.4, 0.5) is 0 Å². The molecule has 20 heavy (non-hydrogen) atoms. The summed E-state index contributed by atoms with van der Waals surface area (Å²) >= 11 is 3.27. The number of aromatic amines is 1. The SMILES string of the molecule is CC1Cc2c([nH]c3ccccc23)-c2ncc(Br)c(=O)n21. The molecule has 5 heteroatoms. The van der Waals surface area contributed by atoms with Crippen LogP contribution in [-0.4, -0.2) is 14.5 Å². The quantitative estimate of drug-likeness (QED) is 0.688. The third-order valence-corrected chi connectivity index (χ3v) is 4.47. The van der Waals surface area contributed by atoms with Gasteiger partial charge in [0, 0.05) is 23.1 Å². The first-order valence-corrected chi connectivity index (χ1v) is 7.33. The fourth-order valence-electron chi connectivity index (χ4n) is 3.03. The lowest BCUT2D eigenvalue weighted by Gasteiger charge is -2.24. The van der Waals surface area contributed by atoms with Crippen molar-refractivity contribution in [3.05, 3.63) is 50.9 Å². The second-order valence-corrected chi connectivity index (χ2v) is 6.04. The molecule has 1 N–H and O–H groups in total. The van der Waals surface area contributed by atoms with Gasteiger partial charge in [-0.05, 0) is 40.9 Å². The Morgan fingerprint density at radius 2 is 2.20 bits per heavy atom. The van der Waals surface area contributed by atoms with E-state index in [-0.39, 0.29) is 11.6 Å². The molecule has 1 atom stereocenters. The molecule has 0 saturated heterocycles. The molecule has 0 fully saturated rings. The smallest absolute Gasteiger partial charge is 0.268 e. The van der Waals surface area contributed by atoms with Crippen LogP contribution >= 0.6 is 15.9 Å². The molecule has 1 aliphatic rings. The zero-order valence-electron chi connectivity index (χ0n) is 10.9. The first-order valence-electron chi connectivity index (χ1n) is 6.54. The minimum atomic E-state index is -0.0215. The molecule has 100 valence electrons. The highest BCUT2D eigenvalue weighted by Crippen LogP contribution is 2.36. The van der Waals surface area contributed by atoms with Gasteiger partial charge in [0.15, 0.2) is 5.82 Å². The van der Waals surface area contributed by atoms with Crippen LogP contribution in [0.2, 0.25) is 0 Å². The Hall–Kier alpha value is -1.88. The van der Waals surface area contributed by atoms with E-state index in [0.717, 1.165) is 23.5 Å². The van der Waals surface area contributed by atoms with E-state index in [1.54, 1.807) is 10.8 Å². The zero-order chi connectivity index (χ0) is 13.9. The van der Waals surface area contributed by atoms with Gasteiger partial charge in [0.2, 0.25) is 0 Å². The molecule has 0 radical (unpaired) electrons. The van der Waals surface area contributed by atoms with Gasteiger partial charge in [-0.1, -0.05) is 18.2 Å². The predicted octanol–water partition coefficient (Wildman–Crippen LogP) is 3.27. The van der Waals surface area contributed by atoms with Crippen LogP contribution in [0.1, 0.15) is 18.5 Å². The lowest BCUT2D eigenvalue weighted by Crippen LogP contribution is -2.30. The normalized spacial score (nSPS) is 17.0. The number of rotatable bonds is 0. The third-order valence-electron chi connectivity index (χ3n) is 3.93. The first-order chi connectivity index (χ1) is 9.66. The Balaban J connectivity index is 2.13. The Morgan fingerprint density at radius 3 is 3.05 bits per heavy atom. The zero-order valence-corrected chi connectivity index (χ0v) is 12.4. The summed E-state index contributed by atoms with van der Waals surface area (Å²) < 4.78 is 2.27. The largest absolute Gasteiger partial charge is 0.352 e. The number of H-pyrrole nitrogens is 1.